The van der Waals surface area contributed by atoms with E-state index in [0.717, 1.165) is 19.3 Å². The van der Waals surface area contributed by atoms with E-state index >= 15 is 0 Å². The van der Waals surface area contributed by atoms with Crippen molar-refractivity contribution in [3.8, 4) is 0 Å². The summed E-state index contributed by atoms with van der Waals surface area (Å²) in [6.45, 7) is 15.0. The standard InChI is InChI=1S/C26H41N3O5/c1-6-10-16-28(15-9-4)25(33)22-26-12-11-19(34-26)20(23(31)27(13-7-2)14-8-3)21(26)24(32)29(22)18(5)17-30/h7,9,18-22,30H,2,4,6,8,10-17H2,1,3,5H3/t18-,19-,20+,21+,22?,26?/m1/s1. The normalized spacial score (nSPS) is 30.2. The summed E-state index contributed by atoms with van der Waals surface area (Å²) in [7, 11) is 0. The zero-order valence-corrected chi connectivity index (χ0v) is 20.9. The second kappa shape index (κ2) is 11.0. The van der Waals surface area contributed by atoms with E-state index in [1.54, 1.807) is 28.9 Å². The summed E-state index contributed by atoms with van der Waals surface area (Å²) in [5, 5.41) is 9.97. The number of aliphatic hydroxyl groups excluding tert-OH is 1. The van der Waals surface area contributed by atoms with E-state index < -0.39 is 29.5 Å². The molecule has 8 heteroatoms. The highest BCUT2D eigenvalue weighted by Crippen LogP contribution is 2.59. The Labute approximate surface area is 203 Å². The fourth-order valence-electron chi connectivity index (χ4n) is 6.11. The van der Waals surface area contributed by atoms with E-state index in [4.69, 9.17) is 4.74 Å². The Morgan fingerprint density at radius 3 is 2.38 bits per heavy atom. The average molecular weight is 476 g/mol. The molecule has 3 amide bonds. The molecule has 34 heavy (non-hydrogen) atoms. The van der Waals surface area contributed by atoms with Gasteiger partial charge in [0.2, 0.25) is 17.7 Å². The molecule has 3 heterocycles. The molecular weight excluding hydrogens is 434 g/mol. The molecule has 8 nitrogen and oxygen atoms in total. The Balaban J connectivity index is 2.02. The molecule has 0 radical (unpaired) electrons. The summed E-state index contributed by atoms with van der Waals surface area (Å²) in [4.78, 5) is 46.5. The van der Waals surface area contributed by atoms with Gasteiger partial charge in [-0.1, -0.05) is 32.4 Å². The minimum absolute atomic E-state index is 0.106. The molecule has 3 saturated heterocycles. The zero-order chi connectivity index (χ0) is 25.0. The van der Waals surface area contributed by atoms with Crippen LogP contribution in [0.2, 0.25) is 0 Å². The van der Waals surface area contributed by atoms with E-state index in [-0.39, 0.29) is 30.4 Å². The van der Waals surface area contributed by atoms with Gasteiger partial charge in [0.25, 0.3) is 0 Å². The number of amides is 3. The molecule has 1 spiro atoms. The SMILES string of the molecule is C=CCN(CCCC)C(=O)C1N([C@H](C)CO)C(=O)[C@@H]2[C@@H](C(=O)N(CC=C)CCC)[C@H]3CCC12O3. The number of unbranched alkanes of at least 4 members (excludes halogenated alkanes) is 1. The van der Waals surface area contributed by atoms with Crippen LogP contribution in [0.3, 0.4) is 0 Å². The van der Waals surface area contributed by atoms with E-state index in [0.29, 0.717) is 39.0 Å². The summed E-state index contributed by atoms with van der Waals surface area (Å²) >= 11 is 0. The largest absolute Gasteiger partial charge is 0.394 e. The van der Waals surface area contributed by atoms with Gasteiger partial charge in [0, 0.05) is 26.2 Å². The van der Waals surface area contributed by atoms with E-state index in [9.17, 15) is 19.5 Å². The van der Waals surface area contributed by atoms with Gasteiger partial charge >= 0.3 is 0 Å². The first-order chi connectivity index (χ1) is 16.3. The first-order valence-electron chi connectivity index (χ1n) is 12.7. The molecule has 3 aliphatic heterocycles. The first-order valence-corrected chi connectivity index (χ1v) is 12.7. The molecule has 2 unspecified atom stereocenters. The summed E-state index contributed by atoms with van der Waals surface area (Å²) in [5.74, 6) is -1.89. The van der Waals surface area contributed by atoms with Gasteiger partial charge in [0.1, 0.15) is 11.6 Å². The summed E-state index contributed by atoms with van der Waals surface area (Å²) in [6.07, 6.45) is 6.76. The number of ether oxygens (including phenoxy) is 1. The number of nitrogens with zero attached hydrogens (tertiary/aromatic N) is 3. The van der Waals surface area contributed by atoms with Crippen molar-refractivity contribution in [3.63, 3.8) is 0 Å². The third-order valence-corrected chi connectivity index (χ3v) is 7.59. The van der Waals surface area contributed by atoms with Crippen LogP contribution >= 0.6 is 0 Å². The predicted octanol–water partition coefficient (Wildman–Crippen LogP) is 1.98. The maximum absolute atomic E-state index is 14.0. The molecule has 0 saturated carbocycles. The highest BCUT2D eigenvalue weighted by Gasteiger charge is 2.75. The Kier molecular flexibility index (Phi) is 8.57. The van der Waals surface area contributed by atoms with Crippen LogP contribution in [0, 0.1) is 11.8 Å². The molecule has 1 N–H and O–H groups in total. The van der Waals surface area contributed by atoms with Crippen LogP contribution in [0.4, 0.5) is 0 Å². The molecule has 3 rings (SSSR count). The monoisotopic (exact) mass is 475 g/mol. The van der Waals surface area contributed by atoms with Crippen LogP contribution in [-0.2, 0) is 19.1 Å². The number of aliphatic hydroxyl groups is 1. The topological polar surface area (TPSA) is 90.4 Å². The van der Waals surface area contributed by atoms with Crippen molar-refractivity contribution in [2.24, 2.45) is 11.8 Å². The summed E-state index contributed by atoms with van der Waals surface area (Å²) in [6, 6.07) is -1.41. The molecular formula is C26H41N3O5. The molecule has 0 aromatic rings. The minimum atomic E-state index is -1.04. The van der Waals surface area contributed by atoms with Crippen molar-refractivity contribution in [2.75, 3.05) is 32.8 Å². The second-order valence-corrected chi connectivity index (χ2v) is 9.83. The lowest BCUT2D eigenvalue weighted by molar-refractivity contribution is -0.151. The van der Waals surface area contributed by atoms with Crippen LogP contribution < -0.4 is 0 Å². The Morgan fingerprint density at radius 2 is 1.82 bits per heavy atom. The zero-order valence-electron chi connectivity index (χ0n) is 20.9. The fourth-order valence-corrected chi connectivity index (χ4v) is 6.11. The predicted molar refractivity (Wildman–Crippen MR) is 130 cm³/mol. The molecule has 0 aromatic carbocycles. The smallest absolute Gasteiger partial charge is 0.248 e. The average Bonchev–Trinajstić information content (AvgIpc) is 3.47. The lowest BCUT2D eigenvalue weighted by Gasteiger charge is -2.38. The van der Waals surface area contributed by atoms with Crippen LogP contribution in [0.1, 0.15) is 52.9 Å². The third kappa shape index (κ3) is 4.31. The number of fused-ring (bicyclic) bond motifs is 1. The number of carbonyl (C=O) groups excluding carboxylic acids is 3. The van der Waals surface area contributed by atoms with E-state index in [2.05, 4.69) is 20.1 Å². The van der Waals surface area contributed by atoms with Crippen molar-refractivity contribution in [3.05, 3.63) is 25.3 Å². The van der Waals surface area contributed by atoms with E-state index in [1.807, 2.05) is 6.92 Å². The van der Waals surface area contributed by atoms with E-state index in [1.165, 1.54) is 4.90 Å². The number of likely N-dealkylation sites (tertiary alicyclic amines) is 1. The van der Waals surface area contributed by atoms with Gasteiger partial charge < -0.3 is 24.5 Å². The van der Waals surface area contributed by atoms with Crippen molar-refractivity contribution >= 4 is 17.7 Å². The third-order valence-electron chi connectivity index (χ3n) is 7.59. The van der Waals surface area contributed by atoms with Crippen molar-refractivity contribution in [1.29, 1.82) is 0 Å². The van der Waals surface area contributed by atoms with Gasteiger partial charge in [-0.05, 0) is 32.6 Å². The Hall–Kier alpha value is -2.19. The Morgan fingerprint density at radius 1 is 1.18 bits per heavy atom. The van der Waals surface area contributed by atoms with Gasteiger partial charge in [0.05, 0.1) is 30.6 Å². The fraction of sp³-hybridized carbons (Fsp3) is 0.731. The lowest BCUT2D eigenvalue weighted by Crippen LogP contribution is -2.58. The molecule has 3 fully saturated rings. The molecule has 190 valence electrons. The molecule has 0 aromatic heterocycles. The number of carbonyl (C=O) groups is 3. The summed E-state index contributed by atoms with van der Waals surface area (Å²) < 4.78 is 6.50. The van der Waals surface area contributed by atoms with Crippen LogP contribution in [0.25, 0.3) is 0 Å². The maximum atomic E-state index is 14.0. The molecule has 0 aliphatic carbocycles. The number of rotatable bonds is 13. The van der Waals surface area contributed by atoms with Gasteiger partial charge in [-0.2, -0.15) is 0 Å². The van der Waals surface area contributed by atoms with Gasteiger partial charge in [-0.25, -0.2) is 0 Å². The minimum Gasteiger partial charge on any atom is -0.394 e. The number of hydrogen-bond acceptors (Lipinski definition) is 5. The van der Waals surface area contributed by atoms with Crippen molar-refractivity contribution < 1.29 is 24.2 Å². The van der Waals surface area contributed by atoms with Crippen molar-refractivity contribution in [1.82, 2.24) is 14.7 Å². The molecule has 6 atom stereocenters. The molecule has 2 bridgehead atoms. The maximum Gasteiger partial charge on any atom is 0.248 e. The Bertz CT molecular complexity index is 801. The molecule has 3 aliphatic rings. The van der Waals surface area contributed by atoms with Crippen molar-refractivity contribution in [2.45, 2.75) is 76.7 Å². The van der Waals surface area contributed by atoms with Gasteiger partial charge in [-0.3, -0.25) is 14.4 Å². The summed E-state index contributed by atoms with van der Waals surface area (Å²) in [5.41, 5.74) is -1.04. The quantitative estimate of drug-likeness (QED) is 0.412. The van der Waals surface area contributed by atoms with Gasteiger partial charge in [0.15, 0.2) is 0 Å². The first kappa shape index (κ1) is 26.4. The highest BCUT2D eigenvalue weighted by atomic mass is 16.5. The van der Waals surface area contributed by atoms with Crippen LogP contribution in [0.15, 0.2) is 25.3 Å². The second-order valence-electron chi connectivity index (χ2n) is 9.83. The van der Waals surface area contributed by atoms with Crippen LogP contribution in [0.5, 0.6) is 0 Å². The highest BCUT2D eigenvalue weighted by molar-refractivity contribution is 5.99. The number of hydrogen-bond donors (Lipinski definition) is 1. The van der Waals surface area contributed by atoms with Gasteiger partial charge in [-0.15, -0.1) is 13.2 Å². The van der Waals surface area contributed by atoms with Crippen LogP contribution in [-0.4, -0.2) is 94.1 Å². The lowest BCUT2D eigenvalue weighted by atomic mass is 9.70.